The number of likely N-dealkylation sites (tertiary alicyclic amines) is 1. The Kier molecular flexibility index (Phi) is 5.58. The van der Waals surface area contributed by atoms with Crippen molar-refractivity contribution in [3.63, 3.8) is 0 Å². The SMILES string of the molecule is C[C@H]([C@H]1C[C@@H]2CC[C@@H]1C2)n1c(-c2cccs2)nn(CN2CCC(C(N)=O)CC2)c1=S. The van der Waals surface area contributed by atoms with Crippen LogP contribution in [0.3, 0.4) is 0 Å². The van der Waals surface area contributed by atoms with Gasteiger partial charge in [-0.2, -0.15) is 0 Å². The zero-order valence-corrected chi connectivity index (χ0v) is 19.2. The Hall–Kier alpha value is -1.51. The third kappa shape index (κ3) is 3.67. The molecule has 0 spiro atoms. The molecule has 2 aromatic rings. The van der Waals surface area contributed by atoms with Crippen LogP contribution >= 0.6 is 23.6 Å². The van der Waals surface area contributed by atoms with E-state index in [0.717, 1.165) is 48.4 Å². The van der Waals surface area contributed by atoms with E-state index in [2.05, 4.69) is 33.9 Å². The molecule has 1 amide bonds. The number of hydrogen-bond donors (Lipinski definition) is 1. The molecule has 3 aliphatic rings. The first kappa shape index (κ1) is 20.4. The molecule has 8 heteroatoms. The molecule has 0 aromatic carbocycles. The van der Waals surface area contributed by atoms with Crippen LogP contribution in [0, 0.1) is 28.4 Å². The molecule has 2 N–H and O–H groups in total. The van der Waals surface area contributed by atoms with Gasteiger partial charge in [0.25, 0.3) is 0 Å². The number of primary amides is 1. The summed E-state index contributed by atoms with van der Waals surface area (Å²) in [4.78, 5) is 15.0. The summed E-state index contributed by atoms with van der Waals surface area (Å²) < 4.78 is 5.16. The summed E-state index contributed by atoms with van der Waals surface area (Å²) in [6, 6.07) is 4.61. The van der Waals surface area contributed by atoms with Crippen molar-refractivity contribution in [1.29, 1.82) is 0 Å². The quantitative estimate of drug-likeness (QED) is 0.673. The van der Waals surface area contributed by atoms with E-state index < -0.39 is 0 Å². The Bertz CT molecular complexity index is 957. The van der Waals surface area contributed by atoms with Crippen molar-refractivity contribution in [3.05, 3.63) is 22.3 Å². The van der Waals surface area contributed by atoms with Crippen molar-refractivity contribution < 1.29 is 4.79 Å². The molecule has 1 saturated heterocycles. The minimum absolute atomic E-state index is 0.00581. The molecule has 3 heterocycles. The molecular formula is C22H31N5OS2. The van der Waals surface area contributed by atoms with Gasteiger partial charge in [0.15, 0.2) is 10.6 Å². The zero-order valence-electron chi connectivity index (χ0n) is 17.6. The van der Waals surface area contributed by atoms with Crippen LogP contribution in [0.2, 0.25) is 0 Å². The number of nitrogens with zero attached hydrogens (tertiary/aromatic N) is 4. The van der Waals surface area contributed by atoms with Gasteiger partial charge in [-0.3, -0.25) is 14.3 Å². The summed E-state index contributed by atoms with van der Waals surface area (Å²) in [5.41, 5.74) is 5.49. The van der Waals surface area contributed by atoms with Crippen LogP contribution in [-0.4, -0.2) is 38.2 Å². The van der Waals surface area contributed by atoms with Gasteiger partial charge in [-0.05, 0) is 80.4 Å². The first-order valence-electron chi connectivity index (χ1n) is 11.3. The van der Waals surface area contributed by atoms with Gasteiger partial charge in [0.2, 0.25) is 5.91 Å². The average molecular weight is 446 g/mol. The topological polar surface area (TPSA) is 69.1 Å². The zero-order chi connectivity index (χ0) is 20.8. The van der Waals surface area contributed by atoms with Crippen molar-refractivity contribution in [1.82, 2.24) is 19.2 Å². The molecule has 2 aromatic heterocycles. The van der Waals surface area contributed by atoms with E-state index in [4.69, 9.17) is 23.1 Å². The fourth-order valence-electron chi connectivity index (χ4n) is 6.08. The molecule has 2 saturated carbocycles. The molecule has 5 rings (SSSR count). The third-order valence-corrected chi connectivity index (χ3v) is 9.03. The molecule has 1 aliphatic heterocycles. The van der Waals surface area contributed by atoms with Crippen molar-refractivity contribution >= 4 is 29.5 Å². The van der Waals surface area contributed by atoms with E-state index in [1.807, 2.05) is 4.68 Å². The maximum absolute atomic E-state index is 11.5. The highest BCUT2D eigenvalue weighted by Crippen LogP contribution is 2.52. The van der Waals surface area contributed by atoms with Gasteiger partial charge in [0, 0.05) is 25.0 Å². The van der Waals surface area contributed by atoms with Gasteiger partial charge in [0.05, 0.1) is 11.5 Å². The van der Waals surface area contributed by atoms with Gasteiger partial charge in [-0.25, -0.2) is 4.68 Å². The number of hydrogen-bond acceptors (Lipinski definition) is 5. The van der Waals surface area contributed by atoms with Crippen molar-refractivity contribution in [2.75, 3.05) is 13.1 Å². The Balaban J connectivity index is 1.41. The molecule has 30 heavy (non-hydrogen) atoms. The standard InChI is InChI=1S/C22H31N5OS2/c1-14(18-12-15-4-5-17(18)11-15)27-21(19-3-2-10-30-19)24-26(22(27)29)13-25-8-6-16(7-9-25)20(23)28/h2-3,10,14-18H,4-9,11-13H2,1H3,(H2,23,28)/t14-,15-,17-,18-/m1/s1. The molecule has 2 bridgehead atoms. The molecule has 0 unspecified atom stereocenters. The molecular weight excluding hydrogens is 414 g/mol. The van der Waals surface area contributed by atoms with Crippen molar-refractivity contribution in [3.8, 4) is 10.7 Å². The average Bonchev–Trinajstić information content (AvgIpc) is 3.53. The van der Waals surface area contributed by atoms with E-state index in [0.29, 0.717) is 18.6 Å². The van der Waals surface area contributed by atoms with E-state index >= 15 is 0 Å². The molecule has 162 valence electrons. The number of carbonyl (C=O) groups excluding carboxylic acids is 1. The number of piperidine rings is 1. The lowest BCUT2D eigenvalue weighted by molar-refractivity contribution is -0.123. The summed E-state index contributed by atoms with van der Waals surface area (Å²) in [6.45, 7) is 4.75. The first-order valence-corrected chi connectivity index (χ1v) is 12.5. The molecule has 2 aliphatic carbocycles. The lowest BCUT2D eigenvalue weighted by Gasteiger charge is -2.30. The van der Waals surface area contributed by atoms with Crippen LogP contribution in [0.5, 0.6) is 0 Å². The highest BCUT2D eigenvalue weighted by molar-refractivity contribution is 7.71. The summed E-state index contributed by atoms with van der Waals surface area (Å²) in [6.07, 6.45) is 7.18. The highest BCUT2D eigenvalue weighted by atomic mass is 32.1. The van der Waals surface area contributed by atoms with Gasteiger partial charge in [0.1, 0.15) is 0 Å². The monoisotopic (exact) mass is 445 g/mol. The van der Waals surface area contributed by atoms with Gasteiger partial charge >= 0.3 is 0 Å². The van der Waals surface area contributed by atoms with Crippen molar-refractivity contribution in [2.24, 2.45) is 29.4 Å². The summed E-state index contributed by atoms with van der Waals surface area (Å²) in [5, 5.41) is 7.12. The second-order valence-corrected chi connectivity index (χ2v) is 10.8. The van der Waals surface area contributed by atoms with E-state index in [1.54, 1.807) is 11.3 Å². The van der Waals surface area contributed by atoms with Gasteiger partial charge in [-0.15, -0.1) is 16.4 Å². The summed E-state index contributed by atoms with van der Waals surface area (Å²) >= 11 is 7.71. The summed E-state index contributed by atoms with van der Waals surface area (Å²) in [5.74, 6) is 3.32. The maximum atomic E-state index is 11.5. The van der Waals surface area contributed by atoms with E-state index in [-0.39, 0.29) is 11.8 Å². The van der Waals surface area contributed by atoms with Crippen molar-refractivity contribution in [2.45, 2.75) is 58.2 Å². The minimum Gasteiger partial charge on any atom is -0.369 e. The van der Waals surface area contributed by atoms with E-state index in [1.165, 1.54) is 30.6 Å². The Labute approximate surface area is 187 Å². The number of aromatic nitrogens is 3. The number of carbonyl (C=O) groups is 1. The van der Waals surface area contributed by atoms with Crippen LogP contribution in [0.15, 0.2) is 17.5 Å². The maximum Gasteiger partial charge on any atom is 0.220 e. The lowest BCUT2D eigenvalue weighted by atomic mass is 9.84. The summed E-state index contributed by atoms with van der Waals surface area (Å²) in [7, 11) is 0. The second-order valence-electron chi connectivity index (χ2n) is 9.47. The van der Waals surface area contributed by atoms with Gasteiger partial charge in [-0.1, -0.05) is 12.5 Å². The number of nitrogens with two attached hydrogens (primary N) is 1. The first-order chi connectivity index (χ1) is 14.5. The number of rotatable bonds is 6. The van der Waals surface area contributed by atoms with Gasteiger partial charge < -0.3 is 5.73 Å². The van der Waals surface area contributed by atoms with E-state index in [9.17, 15) is 4.79 Å². The Morgan fingerprint density at radius 1 is 1.30 bits per heavy atom. The number of thiophene rings is 1. The second kappa shape index (κ2) is 8.20. The van der Waals surface area contributed by atoms with Crippen LogP contribution in [-0.2, 0) is 11.5 Å². The third-order valence-electron chi connectivity index (χ3n) is 7.76. The molecule has 4 atom stereocenters. The number of amides is 1. The lowest BCUT2D eigenvalue weighted by Crippen LogP contribution is -2.39. The Morgan fingerprint density at radius 3 is 2.70 bits per heavy atom. The van der Waals surface area contributed by atoms with Crippen LogP contribution in [0.4, 0.5) is 0 Å². The highest BCUT2D eigenvalue weighted by Gasteiger charge is 2.43. The molecule has 0 radical (unpaired) electrons. The normalized spacial score (nSPS) is 28.2. The minimum atomic E-state index is -0.171. The molecule has 3 fully saturated rings. The Morgan fingerprint density at radius 2 is 2.10 bits per heavy atom. The van der Waals surface area contributed by atoms with Crippen LogP contribution in [0.1, 0.15) is 51.5 Å². The largest absolute Gasteiger partial charge is 0.369 e. The molecule has 6 nitrogen and oxygen atoms in total. The van der Waals surface area contributed by atoms with Crippen LogP contribution in [0.25, 0.3) is 10.7 Å². The predicted octanol–water partition coefficient (Wildman–Crippen LogP) is 4.29. The van der Waals surface area contributed by atoms with Crippen LogP contribution < -0.4 is 5.73 Å². The predicted molar refractivity (Wildman–Crippen MR) is 122 cm³/mol. The fourth-order valence-corrected chi connectivity index (χ4v) is 7.13. The smallest absolute Gasteiger partial charge is 0.220 e. The number of fused-ring (bicyclic) bond motifs is 2. The fraction of sp³-hybridized carbons (Fsp3) is 0.682.